The van der Waals surface area contributed by atoms with Crippen molar-refractivity contribution < 1.29 is 23.9 Å². The number of nitrogens with zero attached hydrogens (tertiary/aromatic N) is 1. The first-order chi connectivity index (χ1) is 8.77. The summed E-state index contributed by atoms with van der Waals surface area (Å²) in [6, 6.07) is 0. The van der Waals surface area contributed by atoms with Crippen molar-refractivity contribution in [3.05, 3.63) is 0 Å². The lowest BCUT2D eigenvalue weighted by molar-refractivity contribution is -0.199. The number of hydrogen-bond donors (Lipinski definition) is 1. The van der Waals surface area contributed by atoms with E-state index in [9.17, 15) is 9.59 Å². The van der Waals surface area contributed by atoms with Crippen molar-refractivity contribution in [1.29, 1.82) is 0 Å². The van der Waals surface area contributed by atoms with Gasteiger partial charge in [0, 0.05) is 19.5 Å². The zero-order chi connectivity index (χ0) is 12.8. The third-order valence-corrected chi connectivity index (χ3v) is 2.85. The number of carbonyl (C=O) groups is 2. The zero-order valence-corrected chi connectivity index (χ0v) is 10.2. The second kappa shape index (κ2) is 6.67. The molecule has 2 rings (SSSR count). The van der Waals surface area contributed by atoms with E-state index in [0.29, 0.717) is 26.2 Å². The predicted molar refractivity (Wildman–Crippen MR) is 60.2 cm³/mol. The molecule has 0 bridgehead atoms. The molecule has 2 amide bonds. The lowest BCUT2D eigenvalue weighted by atomic mass is 10.4. The monoisotopic (exact) mass is 258 g/mol. The first-order valence-corrected chi connectivity index (χ1v) is 6.20. The van der Waals surface area contributed by atoms with Gasteiger partial charge in [0.25, 0.3) is 5.91 Å². The molecule has 0 radical (unpaired) electrons. The molecule has 0 unspecified atom stereocenters. The molecule has 2 fully saturated rings. The number of likely N-dealkylation sites (tertiary alicyclic amines) is 1. The van der Waals surface area contributed by atoms with Crippen LogP contribution < -0.4 is 5.48 Å². The molecule has 0 atom stereocenters. The summed E-state index contributed by atoms with van der Waals surface area (Å²) in [5.41, 5.74) is 2.26. The maximum Gasteiger partial charge on any atom is 0.300 e. The summed E-state index contributed by atoms with van der Waals surface area (Å²) in [7, 11) is 0. The van der Waals surface area contributed by atoms with Crippen molar-refractivity contribution >= 4 is 11.8 Å². The van der Waals surface area contributed by atoms with E-state index in [1.165, 1.54) is 0 Å². The summed E-state index contributed by atoms with van der Waals surface area (Å²) in [5, 5.41) is 0. The van der Waals surface area contributed by atoms with Gasteiger partial charge in [-0.2, -0.15) is 0 Å². The van der Waals surface area contributed by atoms with Crippen molar-refractivity contribution in [2.75, 3.05) is 32.9 Å². The van der Waals surface area contributed by atoms with Crippen molar-refractivity contribution in [1.82, 2.24) is 10.4 Å². The number of rotatable bonds is 5. The molecule has 0 aromatic rings. The third kappa shape index (κ3) is 3.66. The van der Waals surface area contributed by atoms with E-state index in [1.54, 1.807) is 4.90 Å². The molecule has 0 saturated carbocycles. The van der Waals surface area contributed by atoms with Gasteiger partial charge in [-0.1, -0.05) is 0 Å². The molecule has 7 nitrogen and oxygen atoms in total. The van der Waals surface area contributed by atoms with Crippen LogP contribution in [-0.4, -0.2) is 55.9 Å². The summed E-state index contributed by atoms with van der Waals surface area (Å²) in [6.07, 6.45) is 1.42. The summed E-state index contributed by atoms with van der Waals surface area (Å²) in [5.74, 6) is -0.300. The molecule has 0 aromatic carbocycles. The van der Waals surface area contributed by atoms with Gasteiger partial charge >= 0.3 is 0 Å². The molecule has 2 heterocycles. The van der Waals surface area contributed by atoms with E-state index in [2.05, 4.69) is 5.48 Å². The number of carbonyl (C=O) groups excluding carboxylic acids is 2. The molecular formula is C11H18N2O5. The summed E-state index contributed by atoms with van der Waals surface area (Å²) < 4.78 is 10.2. The van der Waals surface area contributed by atoms with Crippen LogP contribution in [0.15, 0.2) is 0 Å². The Hall–Kier alpha value is -1.18. The van der Waals surface area contributed by atoms with Crippen molar-refractivity contribution in [3.63, 3.8) is 0 Å². The van der Waals surface area contributed by atoms with Crippen molar-refractivity contribution in [2.45, 2.75) is 25.6 Å². The van der Waals surface area contributed by atoms with Crippen molar-refractivity contribution in [2.24, 2.45) is 0 Å². The standard InChI is InChI=1S/C11H18N2O5/c14-9-3-1-4-13(9)5-8-18-12-10(15)11-16-6-2-7-17-11/h11H,1-8H2,(H,12,15). The van der Waals surface area contributed by atoms with Gasteiger partial charge in [-0.05, 0) is 12.8 Å². The Kier molecular flexibility index (Phi) is 4.91. The van der Waals surface area contributed by atoms with Crippen LogP contribution in [0.25, 0.3) is 0 Å². The molecule has 18 heavy (non-hydrogen) atoms. The maximum atomic E-state index is 11.5. The van der Waals surface area contributed by atoms with E-state index in [4.69, 9.17) is 14.3 Å². The molecule has 1 N–H and O–H groups in total. The van der Waals surface area contributed by atoms with Gasteiger partial charge < -0.3 is 14.4 Å². The van der Waals surface area contributed by atoms with Gasteiger partial charge in [0.05, 0.1) is 19.8 Å². The second-order valence-corrected chi connectivity index (χ2v) is 4.23. The Morgan fingerprint density at radius 3 is 2.83 bits per heavy atom. The van der Waals surface area contributed by atoms with Gasteiger partial charge in [-0.15, -0.1) is 0 Å². The molecule has 2 saturated heterocycles. The minimum atomic E-state index is -0.882. The van der Waals surface area contributed by atoms with E-state index < -0.39 is 12.2 Å². The topological polar surface area (TPSA) is 77.1 Å². The van der Waals surface area contributed by atoms with Crippen LogP contribution in [0.4, 0.5) is 0 Å². The Morgan fingerprint density at radius 2 is 2.17 bits per heavy atom. The third-order valence-electron chi connectivity index (χ3n) is 2.85. The second-order valence-electron chi connectivity index (χ2n) is 4.23. The molecular weight excluding hydrogens is 240 g/mol. The largest absolute Gasteiger partial charge is 0.344 e. The van der Waals surface area contributed by atoms with Gasteiger partial charge in [0.15, 0.2) is 0 Å². The fourth-order valence-electron chi connectivity index (χ4n) is 1.91. The fraction of sp³-hybridized carbons (Fsp3) is 0.818. The Bertz CT molecular complexity index is 304. The van der Waals surface area contributed by atoms with Crippen LogP contribution >= 0.6 is 0 Å². The summed E-state index contributed by atoms with van der Waals surface area (Å²) >= 11 is 0. The van der Waals surface area contributed by atoms with Gasteiger partial charge in [-0.25, -0.2) is 5.48 Å². The Balaban J connectivity index is 1.57. The minimum absolute atomic E-state index is 0.142. The first-order valence-electron chi connectivity index (χ1n) is 6.20. The number of nitrogens with one attached hydrogen (secondary N) is 1. The Labute approximate surface area is 105 Å². The number of amides is 2. The lowest BCUT2D eigenvalue weighted by Gasteiger charge is -2.22. The molecule has 7 heteroatoms. The summed E-state index contributed by atoms with van der Waals surface area (Å²) in [4.78, 5) is 29.5. The maximum absolute atomic E-state index is 11.5. The van der Waals surface area contributed by atoms with Crippen molar-refractivity contribution in [3.8, 4) is 0 Å². The van der Waals surface area contributed by atoms with Crippen LogP contribution in [0.3, 0.4) is 0 Å². The van der Waals surface area contributed by atoms with Crippen LogP contribution in [0.2, 0.25) is 0 Å². The van der Waals surface area contributed by atoms with Crippen LogP contribution in [0.5, 0.6) is 0 Å². The van der Waals surface area contributed by atoms with Gasteiger partial charge in [0.2, 0.25) is 12.2 Å². The van der Waals surface area contributed by atoms with Crippen LogP contribution in [-0.2, 0) is 23.9 Å². The van der Waals surface area contributed by atoms with E-state index >= 15 is 0 Å². The van der Waals surface area contributed by atoms with E-state index in [-0.39, 0.29) is 12.5 Å². The smallest absolute Gasteiger partial charge is 0.300 e. The van der Waals surface area contributed by atoms with Gasteiger partial charge in [0.1, 0.15) is 0 Å². The highest BCUT2D eigenvalue weighted by Gasteiger charge is 2.23. The normalized spacial score (nSPS) is 21.3. The highest BCUT2D eigenvalue weighted by Crippen LogP contribution is 2.08. The summed E-state index contributed by atoms with van der Waals surface area (Å²) in [6.45, 7) is 2.56. The van der Waals surface area contributed by atoms with Crippen LogP contribution in [0.1, 0.15) is 19.3 Å². The quantitative estimate of drug-likeness (QED) is 0.527. The van der Waals surface area contributed by atoms with Gasteiger partial charge in [-0.3, -0.25) is 14.4 Å². The highest BCUT2D eigenvalue weighted by molar-refractivity contribution is 5.78. The zero-order valence-electron chi connectivity index (χ0n) is 10.2. The average molecular weight is 258 g/mol. The van der Waals surface area contributed by atoms with Crippen LogP contribution in [0, 0.1) is 0 Å². The number of ether oxygens (including phenoxy) is 2. The average Bonchev–Trinajstić information content (AvgIpc) is 2.81. The first kappa shape index (κ1) is 13.3. The predicted octanol–water partition coefficient (Wildman–Crippen LogP) is -0.580. The number of hydroxylamine groups is 1. The molecule has 0 aliphatic carbocycles. The fourth-order valence-corrected chi connectivity index (χ4v) is 1.91. The lowest BCUT2D eigenvalue weighted by Crippen LogP contribution is -2.42. The molecule has 102 valence electrons. The number of hydrogen-bond acceptors (Lipinski definition) is 5. The van der Waals surface area contributed by atoms with E-state index in [1.807, 2.05) is 0 Å². The minimum Gasteiger partial charge on any atom is -0.344 e. The highest BCUT2D eigenvalue weighted by atomic mass is 16.7. The van der Waals surface area contributed by atoms with E-state index in [0.717, 1.165) is 19.4 Å². The molecule has 2 aliphatic rings. The molecule has 0 aromatic heterocycles. The Morgan fingerprint density at radius 1 is 1.39 bits per heavy atom. The molecule has 2 aliphatic heterocycles. The SMILES string of the molecule is O=C(NOCCN1CCCC1=O)C1OCCCO1. The molecule has 0 spiro atoms.